The number of carbonyl (C=O) groups excluding carboxylic acids is 2. The predicted molar refractivity (Wildman–Crippen MR) is 119 cm³/mol. The van der Waals surface area contributed by atoms with Crippen molar-refractivity contribution in [2.45, 2.75) is 46.0 Å². The fraction of sp³-hybridized carbons (Fsp3) is 0.269. The van der Waals surface area contributed by atoms with Gasteiger partial charge in [0.1, 0.15) is 11.5 Å². The Hall–Kier alpha value is -3.47. The monoisotopic (exact) mass is 417 g/mol. The molecule has 5 heteroatoms. The summed E-state index contributed by atoms with van der Waals surface area (Å²) >= 11 is 0. The molecule has 5 nitrogen and oxygen atoms in total. The van der Waals surface area contributed by atoms with Gasteiger partial charge in [-0.25, -0.2) is 0 Å². The summed E-state index contributed by atoms with van der Waals surface area (Å²) in [6.45, 7) is 4.93. The number of ether oxygens (including phenoxy) is 2. The quantitative estimate of drug-likeness (QED) is 0.360. The van der Waals surface area contributed by atoms with Crippen molar-refractivity contribution >= 4 is 11.9 Å². The molecule has 2 aromatic carbocycles. The van der Waals surface area contributed by atoms with E-state index in [9.17, 15) is 9.59 Å². The number of pyridine rings is 1. The van der Waals surface area contributed by atoms with E-state index < -0.39 is 0 Å². The van der Waals surface area contributed by atoms with E-state index in [1.54, 1.807) is 12.3 Å². The number of aryl methyl sites for hydroxylation is 1. The first-order valence-corrected chi connectivity index (χ1v) is 10.5. The number of rotatable bonds is 8. The second-order valence-electron chi connectivity index (χ2n) is 7.41. The van der Waals surface area contributed by atoms with Gasteiger partial charge in [0, 0.05) is 20.0 Å². The number of hydrogen-bond acceptors (Lipinski definition) is 5. The molecule has 3 rings (SSSR count). The van der Waals surface area contributed by atoms with Crippen LogP contribution in [-0.2, 0) is 16.0 Å². The summed E-state index contributed by atoms with van der Waals surface area (Å²) in [5, 5.41) is 0. The Morgan fingerprint density at radius 3 is 2.29 bits per heavy atom. The highest BCUT2D eigenvalue weighted by atomic mass is 16.5. The summed E-state index contributed by atoms with van der Waals surface area (Å²) < 4.78 is 10.7. The zero-order valence-corrected chi connectivity index (χ0v) is 18.1. The highest BCUT2D eigenvalue weighted by Gasteiger charge is 2.22. The van der Waals surface area contributed by atoms with Gasteiger partial charge in [0.15, 0.2) is 0 Å². The van der Waals surface area contributed by atoms with E-state index >= 15 is 0 Å². The fourth-order valence-corrected chi connectivity index (χ4v) is 3.65. The lowest BCUT2D eigenvalue weighted by Crippen LogP contribution is -2.11. The van der Waals surface area contributed by atoms with Crippen molar-refractivity contribution in [1.29, 1.82) is 0 Å². The molecule has 0 saturated carbocycles. The van der Waals surface area contributed by atoms with Crippen LogP contribution in [0.5, 0.6) is 11.5 Å². The Bertz CT molecular complexity index is 1050. The third-order valence-electron chi connectivity index (χ3n) is 4.93. The van der Waals surface area contributed by atoms with Gasteiger partial charge in [-0.2, -0.15) is 0 Å². The molecule has 0 aliphatic rings. The van der Waals surface area contributed by atoms with E-state index in [2.05, 4.69) is 11.9 Å². The molecular weight excluding hydrogens is 390 g/mol. The van der Waals surface area contributed by atoms with Crippen LogP contribution < -0.4 is 9.47 Å². The molecule has 1 unspecified atom stereocenters. The molecule has 0 fully saturated rings. The van der Waals surface area contributed by atoms with Crippen LogP contribution in [-0.4, -0.2) is 16.9 Å². The maximum absolute atomic E-state index is 11.6. The van der Waals surface area contributed by atoms with Gasteiger partial charge in [-0.1, -0.05) is 37.6 Å². The van der Waals surface area contributed by atoms with E-state index in [4.69, 9.17) is 9.47 Å². The van der Waals surface area contributed by atoms with Crippen LogP contribution in [0.25, 0.3) is 0 Å². The third-order valence-corrected chi connectivity index (χ3v) is 4.93. The van der Waals surface area contributed by atoms with E-state index in [0.717, 1.165) is 36.1 Å². The fourth-order valence-electron chi connectivity index (χ4n) is 3.65. The smallest absolute Gasteiger partial charge is 0.308 e. The summed E-state index contributed by atoms with van der Waals surface area (Å²) in [6, 6.07) is 19.1. The molecule has 1 atom stereocenters. The van der Waals surface area contributed by atoms with Crippen molar-refractivity contribution in [3.8, 4) is 11.5 Å². The second kappa shape index (κ2) is 10.5. The van der Waals surface area contributed by atoms with Crippen molar-refractivity contribution in [3.05, 3.63) is 89.2 Å². The predicted octanol–water partition coefficient (Wildman–Crippen LogP) is 5.46. The average molecular weight is 418 g/mol. The van der Waals surface area contributed by atoms with Gasteiger partial charge in [0.05, 0.1) is 11.6 Å². The Labute approximate surface area is 183 Å². The molecule has 31 heavy (non-hydrogen) atoms. The van der Waals surface area contributed by atoms with Gasteiger partial charge in [-0.15, -0.1) is 0 Å². The van der Waals surface area contributed by atoms with Crippen LogP contribution in [0, 0.1) is 0 Å². The molecular formula is C26H27NO4. The lowest BCUT2D eigenvalue weighted by Gasteiger charge is -2.22. The molecule has 160 valence electrons. The van der Waals surface area contributed by atoms with Crippen molar-refractivity contribution < 1.29 is 19.1 Å². The Balaban J connectivity index is 2.17. The van der Waals surface area contributed by atoms with E-state index in [-0.39, 0.29) is 17.9 Å². The van der Waals surface area contributed by atoms with Gasteiger partial charge in [0.25, 0.3) is 0 Å². The van der Waals surface area contributed by atoms with Gasteiger partial charge in [0.2, 0.25) is 0 Å². The maximum Gasteiger partial charge on any atom is 0.308 e. The number of benzene rings is 2. The number of carbonyl (C=O) groups is 2. The van der Waals surface area contributed by atoms with E-state index in [1.165, 1.54) is 19.4 Å². The summed E-state index contributed by atoms with van der Waals surface area (Å²) in [7, 11) is 0. The lowest BCUT2D eigenvalue weighted by atomic mass is 9.84. The minimum absolute atomic E-state index is 0.209. The van der Waals surface area contributed by atoms with Crippen LogP contribution in [0.1, 0.15) is 61.9 Å². The molecule has 0 saturated heterocycles. The highest BCUT2D eigenvalue weighted by molar-refractivity contribution is 5.70. The number of unbranched alkanes of at least 4 members (excludes halogenated alkanes) is 1. The zero-order valence-electron chi connectivity index (χ0n) is 18.1. The molecule has 0 spiro atoms. The highest BCUT2D eigenvalue weighted by Crippen LogP contribution is 2.37. The van der Waals surface area contributed by atoms with Gasteiger partial charge in [-0.05, 0) is 65.9 Å². The van der Waals surface area contributed by atoms with Crippen LogP contribution in [0.4, 0.5) is 0 Å². The van der Waals surface area contributed by atoms with Crippen molar-refractivity contribution in [2.75, 3.05) is 0 Å². The van der Waals surface area contributed by atoms with Gasteiger partial charge < -0.3 is 9.47 Å². The van der Waals surface area contributed by atoms with Crippen LogP contribution in [0.15, 0.2) is 66.9 Å². The molecule has 0 aliphatic heterocycles. The average Bonchev–Trinajstić information content (AvgIpc) is 2.73. The molecule has 1 aromatic heterocycles. The maximum atomic E-state index is 11.6. The SMILES string of the molecule is CCCCc1ccc(OC(C)=O)cc1C(c1cccc(OC(C)=O)c1)c1ccccn1. The molecule has 0 N–H and O–H groups in total. The Morgan fingerprint density at radius 1 is 0.903 bits per heavy atom. The molecule has 0 radical (unpaired) electrons. The van der Waals surface area contributed by atoms with Crippen LogP contribution in [0.3, 0.4) is 0 Å². The summed E-state index contributed by atoms with van der Waals surface area (Å²) in [5.74, 6) is 0.0431. The van der Waals surface area contributed by atoms with E-state index in [0.29, 0.717) is 11.5 Å². The molecule has 1 heterocycles. The van der Waals surface area contributed by atoms with Crippen molar-refractivity contribution in [1.82, 2.24) is 4.98 Å². The number of esters is 2. The van der Waals surface area contributed by atoms with Crippen LogP contribution in [0.2, 0.25) is 0 Å². The Morgan fingerprint density at radius 2 is 1.65 bits per heavy atom. The van der Waals surface area contributed by atoms with Gasteiger partial charge in [-0.3, -0.25) is 14.6 Å². The normalized spacial score (nSPS) is 11.6. The Kier molecular flexibility index (Phi) is 7.55. The van der Waals surface area contributed by atoms with Gasteiger partial charge >= 0.3 is 11.9 Å². The molecule has 0 bridgehead atoms. The molecule has 0 amide bonds. The zero-order chi connectivity index (χ0) is 22.2. The van der Waals surface area contributed by atoms with E-state index in [1.807, 2.05) is 54.6 Å². The second-order valence-corrected chi connectivity index (χ2v) is 7.41. The largest absolute Gasteiger partial charge is 0.427 e. The first-order valence-electron chi connectivity index (χ1n) is 10.5. The lowest BCUT2D eigenvalue weighted by molar-refractivity contribution is -0.132. The van der Waals surface area contributed by atoms with Crippen molar-refractivity contribution in [3.63, 3.8) is 0 Å². The first kappa shape index (κ1) is 22.2. The minimum Gasteiger partial charge on any atom is -0.427 e. The summed E-state index contributed by atoms with van der Waals surface area (Å²) in [5.41, 5.74) is 3.99. The third kappa shape index (κ3) is 6.01. The molecule has 3 aromatic rings. The molecule has 0 aliphatic carbocycles. The number of nitrogens with zero attached hydrogens (tertiary/aromatic N) is 1. The summed E-state index contributed by atoms with van der Waals surface area (Å²) in [4.78, 5) is 27.6. The number of aromatic nitrogens is 1. The van der Waals surface area contributed by atoms with Crippen LogP contribution >= 0.6 is 0 Å². The van der Waals surface area contributed by atoms with Crippen molar-refractivity contribution in [2.24, 2.45) is 0 Å². The topological polar surface area (TPSA) is 65.5 Å². The number of hydrogen-bond donors (Lipinski definition) is 0. The summed E-state index contributed by atoms with van der Waals surface area (Å²) in [6.07, 6.45) is 4.78. The minimum atomic E-state index is -0.368. The first-order chi connectivity index (χ1) is 15.0. The standard InChI is InChI=1S/C26H27NO4/c1-4-5-9-20-13-14-23(31-19(3)29)17-24(20)26(25-12-6-7-15-27-25)21-10-8-11-22(16-21)30-18(2)28/h6-8,10-17,26H,4-5,9H2,1-3H3.